The molecule has 0 aliphatic rings. The molecule has 0 bridgehead atoms. The standard InChI is InChI=1S/C10H13BrClNO/c1-10(2,14)6-13-7-3-4-9(12)8(11)5-7/h3-5,13-14H,6H2,1-2H3. The molecule has 0 aliphatic carbocycles. The molecule has 0 amide bonds. The molecule has 1 aromatic rings. The number of benzene rings is 1. The van der Waals surface area contributed by atoms with Crippen molar-refractivity contribution in [2.45, 2.75) is 19.4 Å². The van der Waals surface area contributed by atoms with Crippen LogP contribution in [-0.2, 0) is 0 Å². The topological polar surface area (TPSA) is 32.3 Å². The van der Waals surface area contributed by atoms with Crippen LogP contribution in [0, 0.1) is 0 Å². The number of anilines is 1. The summed E-state index contributed by atoms with van der Waals surface area (Å²) in [5.74, 6) is 0. The molecule has 0 aliphatic heterocycles. The lowest BCUT2D eigenvalue weighted by Crippen LogP contribution is -2.29. The summed E-state index contributed by atoms with van der Waals surface area (Å²) < 4.78 is 0.847. The average molecular weight is 279 g/mol. The first-order chi connectivity index (χ1) is 6.38. The highest BCUT2D eigenvalue weighted by Gasteiger charge is 2.11. The summed E-state index contributed by atoms with van der Waals surface area (Å²) in [5, 5.41) is 13.3. The average Bonchev–Trinajstić information content (AvgIpc) is 2.06. The van der Waals surface area contributed by atoms with Gasteiger partial charge in [-0.1, -0.05) is 11.6 Å². The van der Waals surface area contributed by atoms with Crippen LogP contribution in [-0.4, -0.2) is 17.3 Å². The van der Waals surface area contributed by atoms with E-state index in [4.69, 9.17) is 11.6 Å². The third kappa shape index (κ3) is 3.86. The van der Waals surface area contributed by atoms with Gasteiger partial charge in [0.15, 0.2) is 0 Å². The third-order valence-electron chi connectivity index (χ3n) is 1.64. The fourth-order valence-corrected chi connectivity index (χ4v) is 1.42. The van der Waals surface area contributed by atoms with Crippen molar-refractivity contribution in [3.05, 3.63) is 27.7 Å². The summed E-state index contributed by atoms with van der Waals surface area (Å²) in [4.78, 5) is 0. The highest BCUT2D eigenvalue weighted by atomic mass is 79.9. The van der Waals surface area contributed by atoms with Gasteiger partial charge in [0.25, 0.3) is 0 Å². The normalized spacial score (nSPS) is 11.5. The Balaban J connectivity index is 2.65. The molecule has 2 N–H and O–H groups in total. The minimum absolute atomic E-state index is 0.501. The Labute approximate surface area is 97.4 Å². The van der Waals surface area contributed by atoms with Crippen molar-refractivity contribution >= 4 is 33.2 Å². The zero-order chi connectivity index (χ0) is 10.8. The van der Waals surface area contributed by atoms with E-state index in [2.05, 4.69) is 21.2 Å². The van der Waals surface area contributed by atoms with Crippen LogP contribution in [0.5, 0.6) is 0 Å². The second-order valence-corrected chi connectivity index (χ2v) is 5.06. The fraction of sp³-hybridized carbons (Fsp3) is 0.400. The predicted molar refractivity (Wildman–Crippen MR) is 63.9 cm³/mol. The van der Waals surface area contributed by atoms with Crippen molar-refractivity contribution < 1.29 is 5.11 Å². The SMILES string of the molecule is CC(C)(O)CNc1ccc(Cl)c(Br)c1. The smallest absolute Gasteiger partial charge is 0.0763 e. The van der Waals surface area contributed by atoms with Gasteiger partial charge in [-0.2, -0.15) is 0 Å². The molecule has 0 fully saturated rings. The van der Waals surface area contributed by atoms with Crippen molar-refractivity contribution in [3.63, 3.8) is 0 Å². The van der Waals surface area contributed by atoms with E-state index in [1.54, 1.807) is 19.9 Å². The van der Waals surface area contributed by atoms with E-state index in [-0.39, 0.29) is 0 Å². The Bertz CT molecular complexity index is 322. The summed E-state index contributed by atoms with van der Waals surface area (Å²) in [5.41, 5.74) is 0.218. The predicted octanol–water partition coefficient (Wildman–Crippen LogP) is 3.29. The molecular formula is C10H13BrClNO. The van der Waals surface area contributed by atoms with Crippen LogP contribution >= 0.6 is 27.5 Å². The van der Waals surface area contributed by atoms with Crippen LogP contribution in [0.2, 0.25) is 5.02 Å². The summed E-state index contributed by atoms with van der Waals surface area (Å²) in [6.07, 6.45) is 0. The molecule has 0 heterocycles. The van der Waals surface area contributed by atoms with Gasteiger partial charge in [-0.05, 0) is 48.0 Å². The monoisotopic (exact) mass is 277 g/mol. The maximum Gasteiger partial charge on any atom is 0.0763 e. The summed E-state index contributed by atoms with van der Waals surface area (Å²) in [7, 11) is 0. The lowest BCUT2D eigenvalue weighted by atomic mass is 10.1. The highest BCUT2D eigenvalue weighted by Crippen LogP contribution is 2.25. The van der Waals surface area contributed by atoms with Crippen molar-refractivity contribution in [3.8, 4) is 0 Å². The van der Waals surface area contributed by atoms with E-state index < -0.39 is 5.60 Å². The molecule has 1 rings (SSSR count). The number of hydrogen-bond acceptors (Lipinski definition) is 2. The third-order valence-corrected chi connectivity index (χ3v) is 2.86. The molecule has 0 saturated heterocycles. The molecule has 0 radical (unpaired) electrons. The van der Waals surface area contributed by atoms with Crippen LogP contribution < -0.4 is 5.32 Å². The first-order valence-electron chi connectivity index (χ1n) is 4.30. The quantitative estimate of drug-likeness (QED) is 0.889. The molecule has 0 atom stereocenters. The molecular weight excluding hydrogens is 265 g/mol. The zero-order valence-corrected chi connectivity index (χ0v) is 10.5. The maximum absolute atomic E-state index is 9.50. The van der Waals surface area contributed by atoms with Crippen molar-refractivity contribution in [1.29, 1.82) is 0 Å². The first kappa shape index (κ1) is 11.8. The van der Waals surface area contributed by atoms with Gasteiger partial charge in [-0.3, -0.25) is 0 Å². The molecule has 78 valence electrons. The van der Waals surface area contributed by atoms with Gasteiger partial charge in [0.1, 0.15) is 0 Å². The van der Waals surface area contributed by atoms with E-state index in [1.807, 2.05) is 12.1 Å². The molecule has 4 heteroatoms. The largest absolute Gasteiger partial charge is 0.389 e. The van der Waals surface area contributed by atoms with E-state index in [9.17, 15) is 5.11 Å². The van der Waals surface area contributed by atoms with Gasteiger partial charge in [-0.15, -0.1) is 0 Å². The minimum atomic E-state index is -0.716. The number of halogens is 2. The summed E-state index contributed by atoms with van der Waals surface area (Å²) in [6, 6.07) is 5.56. The van der Waals surface area contributed by atoms with E-state index in [0.29, 0.717) is 11.6 Å². The molecule has 14 heavy (non-hydrogen) atoms. The molecule has 0 unspecified atom stereocenters. The molecule has 0 aromatic heterocycles. The van der Waals surface area contributed by atoms with Crippen LogP contribution in [0.3, 0.4) is 0 Å². The Morgan fingerprint density at radius 3 is 2.64 bits per heavy atom. The van der Waals surface area contributed by atoms with E-state index in [0.717, 1.165) is 10.2 Å². The second kappa shape index (κ2) is 4.51. The minimum Gasteiger partial charge on any atom is -0.389 e. The van der Waals surface area contributed by atoms with E-state index in [1.165, 1.54) is 0 Å². The molecule has 0 saturated carbocycles. The van der Waals surface area contributed by atoms with Crippen LogP contribution in [0.15, 0.2) is 22.7 Å². The van der Waals surface area contributed by atoms with Gasteiger partial charge in [0.2, 0.25) is 0 Å². The Morgan fingerprint density at radius 1 is 1.50 bits per heavy atom. The number of nitrogens with one attached hydrogen (secondary N) is 1. The van der Waals surface area contributed by atoms with Crippen LogP contribution in [0.1, 0.15) is 13.8 Å². The highest BCUT2D eigenvalue weighted by molar-refractivity contribution is 9.10. The summed E-state index contributed by atoms with van der Waals surface area (Å²) in [6.45, 7) is 4.01. The van der Waals surface area contributed by atoms with E-state index >= 15 is 0 Å². The van der Waals surface area contributed by atoms with Gasteiger partial charge >= 0.3 is 0 Å². The first-order valence-corrected chi connectivity index (χ1v) is 5.47. The van der Waals surface area contributed by atoms with Crippen LogP contribution in [0.4, 0.5) is 5.69 Å². The van der Waals surface area contributed by atoms with Crippen molar-refractivity contribution in [1.82, 2.24) is 0 Å². The van der Waals surface area contributed by atoms with Crippen molar-refractivity contribution in [2.75, 3.05) is 11.9 Å². The molecule has 0 spiro atoms. The van der Waals surface area contributed by atoms with Crippen molar-refractivity contribution in [2.24, 2.45) is 0 Å². The van der Waals surface area contributed by atoms with Gasteiger partial charge < -0.3 is 10.4 Å². The Kier molecular flexibility index (Phi) is 3.81. The Morgan fingerprint density at radius 2 is 2.14 bits per heavy atom. The zero-order valence-electron chi connectivity index (χ0n) is 8.14. The van der Waals surface area contributed by atoms with Gasteiger partial charge in [-0.25, -0.2) is 0 Å². The lowest BCUT2D eigenvalue weighted by Gasteiger charge is -2.18. The molecule has 1 aromatic carbocycles. The summed E-state index contributed by atoms with van der Waals surface area (Å²) >= 11 is 9.18. The fourth-order valence-electron chi connectivity index (χ4n) is 0.924. The van der Waals surface area contributed by atoms with Gasteiger partial charge in [0, 0.05) is 16.7 Å². The second-order valence-electron chi connectivity index (χ2n) is 3.79. The Hall–Kier alpha value is -0.250. The van der Waals surface area contributed by atoms with Crippen LogP contribution in [0.25, 0.3) is 0 Å². The number of aliphatic hydroxyl groups is 1. The van der Waals surface area contributed by atoms with Gasteiger partial charge in [0.05, 0.1) is 10.6 Å². The molecule has 2 nitrogen and oxygen atoms in total. The lowest BCUT2D eigenvalue weighted by molar-refractivity contribution is 0.0945. The number of hydrogen-bond donors (Lipinski definition) is 2. The number of rotatable bonds is 3. The maximum atomic E-state index is 9.50.